The van der Waals surface area contributed by atoms with Crippen LogP contribution in [0.2, 0.25) is 0 Å². The van der Waals surface area contributed by atoms with Crippen molar-refractivity contribution in [2.45, 2.75) is 32.4 Å². The molecule has 2 heterocycles. The second-order valence-corrected chi connectivity index (χ2v) is 8.81. The minimum Gasteiger partial charge on any atom is -0.508 e. The number of hydrogen-bond donors (Lipinski definition) is 2. The van der Waals surface area contributed by atoms with Crippen LogP contribution in [0.1, 0.15) is 40.3 Å². The van der Waals surface area contributed by atoms with Crippen LogP contribution >= 0.6 is 0 Å². The number of phenolic OH excluding ortho intramolecular Hbond substituents is 1. The number of benzene rings is 3. The zero-order valence-corrected chi connectivity index (χ0v) is 19.5. The van der Waals surface area contributed by atoms with Gasteiger partial charge in [-0.05, 0) is 60.9 Å². The van der Waals surface area contributed by atoms with Gasteiger partial charge in [0.1, 0.15) is 11.4 Å². The molecule has 7 heteroatoms. The van der Waals surface area contributed by atoms with E-state index in [1.807, 2.05) is 49.4 Å². The Hall–Kier alpha value is -4.39. The van der Waals surface area contributed by atoms with Gasteiger partial charge in [0.05, 0.1) is 5.52 Å². The third kappa shape index (κ3) is 3.56. The van der Waals surface area contributed by atoms with Gasteiger partial charge in [0.25, 0.3) is 17.7 Å². The number of anilines is 1. The van der Waals surface area contributed by atoms with E-state index in [0.29, 0.717) is 16.6 Å². The number of nitrogens with zero attached hydrogens (tertiary/aromatic N) is 2. The van der Waals surface area contributed by atoms with Crippen LogP contribution in [-0.2, 0) is 17.8 Å². The number of amides is 2. The molecule has 0 radical (unpaired) electrons. The molecule has 1 atom stereocenters. The maximum atomic E-state index is 14.0. The number of hydrogen-bond acceptors (Lipinski definition) is 4. The van der Waals surface area contributed by atoms with Gasteiger partial charge >= 0.3 is 0 Å². The summed E-state index contributed by atoms with van der Waals surface area (Å²) in [5.74, 6) is -1.57. The summed E-state index contributed by atoms with van der Waals surface area (Å²) in [6, 6.07) is 22.8. The fourth-order valence-electron chi connectivity index (χ4n) is 4.62. The molecule has 1 aliphatic heterocycles. The normalized spacial score (nSPS) is 17.5. The molecule has 0 fully saturated rings. The first kappa shape index (κ1) is 22.4. The van der Waals surface area contributed by atoms with E-state index in [0.717, 1.165) is 17.5 Å². The molecule has 0 aliphatic carbocycles. The number of fused-ring (bicyclic) bond motifs is 3. The monoisotopic (exact) mass is 467 g/mol. The summed E-state index contributed by atoms with van der Waals surface area (Å²) in [6.07, 6.45) is 0.819. The maximum absolute atomic E-state index is 14.0. The highest BCUT2D eigenvalue weighted by atomic mass is 16.3. The average molecular weight is 468 g/mol. The summed E-state index contributed by atoms with van der Waals surface area (Å²) in [4.78, 5) is 42.9. The SMILES string of the molecule is CCc1ccc(N2C(=O)c3cc4cc(O)ccc4n3C(=O)C2(C)C(=O)NCc2ccccc2)cc1. The van der Waals surface area contributed by atoms with Gasteiger partial charge < -0.3 is 10.4 Å². The van der Waals surface area contributed by atoms with E-state index in [1.165, 1.54) is 28.5 Å². The lowest BCUT2D eigenvalue weighted by atomic mass is 9.92. The maximum Gasteiger partial charge on any atom is 0.276 e. The lowest BCUT2D eigenvalue weighted by Gasteiger charge is -2.42. The number of phenols is 1. The van der Waals surface area contributed by atoms with Gasteiger partial charge in [-0.1, -0.05) is 49.4 Å². The first-order valence-electron chi connectivity index (χ1n) is 11.5. The Kier molecular flexibility index (Phi) is 5.40. The van der Waals surface area contributed by atoms with Crippen LogP contribution in [0.5, 0.6) is 5.75 Å². The Labute approximate surface area is 202 Å². The van der Waals surface area contributed by atoms with E-state index in [-0.39, 0.29) is 18.0 Å². The van der Waals surface area contributed by atoms with Crippen molar-refractivity contribution >= 4 is 34.3 Å². The highest BCUT2D eigenvalue weighted by molar-refractivity contribution is 6.27. The van der Waals surface area contributed by atoms with Crippen LogP contribution in [0, 0.1) is 0 Å². The van der Waals surface area contributed by atoms with Gasteiger partial charge in [-0.3, -0.25) is 23.9 Å². The number of carbonyl (C=O) groups is 3. The molecular weight excluding hydrogens is 442 g/mol. The molecule has 1 unspecified atom stereocenters. The van der Waals surface area contributed by atoms with Gasteiger partial charge in [0, 0.05) is 17.6 Å². The standard InChI is InChI=1S/C28H25N3O4/c1-3-18-9-11-21(12-10-18)31-25(33)24-16-20-15-22(32)13-14-23(20)30(24)27(35)28(31,2)26(34)29-17-19-7-5-4-6-8-19/h4-16,32H,3,17H2,1-2H3,(H,29,34). The van der Waals surface area contributed by atoms with Crippen LogP contribution in [0.15, 0.2) is 78.9 Å². The van der Waals surface area contributed by atoms with E-state index < -0.39 is 23.3 Å². The molecule has 2 amide bonds. The average Bonchev–Trinajstić information content (AvgIpc) is 3.26. The smallest absolute Gasteiger partial charge is 0.276 e. The van der Waals surface area contributed by atoms with Gasteiger partial charge in [0.2, 0.25) is 5.54 Å². The lowest BCUT2D eigenvalue weighted by Crippen LogP contribution is -2.68. The number of aromatic nitrogens is 1. The number of rotatable bonds is 5. The minimum absolute atomic E-state index is 0.0238. The Balaban J connectivity index is 1.65. The van der Waals surface area contributed by atoms with E-state index >= 15 is 0 Å². The van der Waals surface area contributed by atoms with Crippen molar-refractivity contribution in [2.24, 2.45) is 0 Å². The summed E-state index contributed by atoms with van der Waals surface area (Å²) >= 11 is 0. The van der Waals surface area contributed by atoms with Gasteiger partial charge in [-0.2, -0.15) is 0 Å². The number of aryl methyl sites for hydroxylation is 1. The van der Waals surface area contributed by atoms with Crippen LogP contribution in [0.25, 0.3) is 10.9 Å². The summed E-state index contributed by atoms with van der Waals surface area (Å²) in [5.41, 5.74) is 1.17. The third-order valence-electron chi connectivity index (χ3n) is 6.61. The second kappa shape index (κ2) is 8.43. The molecule has 2 N–H and O–H groups in total. The van der Waals surface area contributed by atoms with Crippen molar-refractivity contribution in [1.29, 1.82) is 0 Å². The number of aromatic hydroxyl groups is 1. The van der Waals surface area contributed by atoms with E-state index in [9.17, 15) is 19.5 Å². The highest BCUT2D eigenvalue weighted by Crippen LogP contribution is 2.36. The topological polar surface area (TPSA) is 91.6 Å². The van der Waals surface area contributed by atoms with Crippen molar-refractivity contribution in [1.82, 2.24) is 9.88 Å². The van der Waals surface area contributed by atoms with Crippen molar-refractivity contribution in [3.8, 4) is 5.75 Å². The minimum atomic E-state index is -1.84. The summed E-state index contributed by atoms with van der Waals surface area (Å²) in [5, 5.41) is 13.3. The predicted octanol–water partition coefficient (Wildman–Crippen LogP) is 4.29. The molecule has 5 rings (SSSR count). The quantitative estimate of drug-likeness (QED) is 0.429. The van der Waals surface area contributed by atoms with Crippen LogP contribution < -0.4 is 10.2 Å². The molecule has 1 aromatic heterocycles. The molecule has 0 spiro atoms. The molecule has 0 saturated heterocycles. The third-order valence-corrected chi connectivity index (χ3v) is 6.61. The van der Waals surface area contributed by atoms with Gasteiger partial charge in [0.15, 0.2) is 0 Å². The van der Waals surface area contributed by atoms with Crippen molar-refractivity contribution in [2.75, 3.05) is 4.90 Å². The number of carbonyl (C=O) groups excluding carboxylic acids is 3. The van der Waals surface area contributed by atoms with Crippen LogP contribution in [-0.4, -0.2) is 32.9 Å². The molecule has 3 aromatic carbocycles. The van der Waals surface area contributed by atoms with Gasteiger partial charge in [-0.25, -0.2) is 0 Å². The molecule has 4 aromatic rings. The molecule has 1 aliphatic rings. The Morgan fingerprint density at radius 3 is 2.34 bits per heavy atom. The fraction of sp³-hybridized carbons (Fsp3) is 0.179. The molecule has 35 heavy (non-hydrogen) atoms. The molecule has 0 bridgehead atoms. The van der Waals surface area contributed by atoms with Crippen molar-refractivity contribution < 1.29 is 19.5 Å². The van der Waals surface area contributed by atoms with E-state index in [1.54, 1.807) is 24.3 Å². The zero-order valence-electron chi connectivity index (χ0n) is 19.5. The highest BCUT2D eigenvalue weighted by Gasteiger charge is 2.55. The molecule has 0 saturated carbocycles. The Morgan fingerprint density at radius 1 is 0.943 bits per heavy atom. The van der Waals surface area contributed by atoms with Crippen molar-refractivity contribution in [3.63, 3.8) is 0 Å². The second-order valence-electron chi connectivity index (χ2n) is 8.81. The number of nitrogens with one attached hydrogen (secondary N) is 1. The first-order chi connectivity index (χ1) is 16.8. The zero-order chi connectivity index (χ0) is 24.7. The summed E-state index contributed by atoms with van der Waals surface area (Å²) < 4.78 is 1.29. The van der Waals surface area contributed by atoms with Gasteiger partial charge in [-0.15, -0.1) is 0 Å². The molecular formula is C28H25N3O4. The Bertz CT molecular complexity index is 1460. The largest absolute Gasteiger partial charge is 0.508 e. The molecule has 176 valence electrons. The Morgan fingerprint density at radius 2 is 1.66 bits per heavy atom. The van der Waals surface area contributed by atoms with E-state index in [2.05, 4.69) is 5.32 Å². The van der Waals surface area contributed by atoms with Crippen molar-refractivity contribution in [3.05, 3.63) is 95.7 Å². The fourth-order valence-corrected chi connectivity index (χ4v) is 4.62. The lowest BCUT2D eigenvalue weighted by molar-refractivity contribution is -0.124. The van der Waals surface area contributed by atoms with Crippen LogP contribution in [0.3, 0.4) is 0 Å². The summed E-state index contributed by atoms with van der Waals surface area (Å²) in [7, 11) is 0. The van der Waals surface area contributed by atoms with Crippen LogP contribution in [0.4, 0.5) is 5.69 Å². The predicted molar refractivity (Wildman–Crippen MR) is 134 cm³/mol. The summed E-state index contributed by atoms with van der Waals surface area (Å²) in [6.45, 7) is 3.72. The first-order valence-corrected chi connectivity index (χ1v) is 11.5. The van der Waals surface area contributed by atoms with E-state index in [4.69, 9.17) is 0 Å². The molecule has 7 nitrogen and oxygen atoms in total.